The Labute approximate surface area is 182 Å². The summed E-state index contributed by atoms with van der Waals surface area (Å²) in [5, 5.41) is 0. The molecule has 32 heavy (non-hydrogen) atoms. The summed E-state index contributed by atoms with van der Waals surface area (Å²) in [5.74, 6) is -2.02. The van der Waals surface area contributed by atoms with E-state index in [4.69, 9.17) is 10.5 Å². The van der Waals surface area contributed by atoms with Crippen LogP contribution in [-0.4, -0.2) is 32.4 Å². The van der Waals surface area contributed by atoms with E-state index in [1.165, 1.54) is 44.6 Å². The zero-order valence-electron chi connectivity index (χ0n) is 17.1. The van der Waals surface area contributed by atoms with Crippen molar-refractivity contribution in [3.05, 3.63) is 70.1 Å². The highest BCUT2D eigenvalue weighted by Crippen LogP contribution is 2.39. The fourth-order valence-corrected chi connectivity index (χ4v) is 3.49. The second kappa shape index (κ2) is 9.18. The van der Waals surface area contributed by atoms with Gasteiger partial charge in [-0.1, -0.05) is 0 Å². The number of ether oxygens (including phenoxy) is 1. The van der Waals surface area contributed by atoms with Crippen LogP contribution >= 0.6 is 0 Å². The molecule has 0 saturated heterocycles. The van der Waals surface area contributed by atoms with Gasteiger partial charge in [-0.25, -0.2) is 17.2 Å². The van der Waals surface area contributed by atoms with Crippen molar-refractivity contribution in [1.82, 2.24) is 4.98 Å². The van der Waals surface area contributed by atoms with Gasteiger partial charge in [-0.05, 0) is 37.3 Å². The lowest BCUT2D eigenvalue weighted by atomic mass is 10.0. The summed E-state index contributed by atoms with van der Waals surface area (Å²) in [7, 11) is -2.12. The molecular weight excluding hydrogens is 442 g/mol. The van der Waals surface area contributed by atoms with Gasteiger partial charge in [0.1, 0.15) is 11.6 Å². The molecule has 0 aliphatic carbocycles. The van der Waals surface area contributed by atoms with Crippen LogP contribution in [0.15, 0.2) is 52.4 Å². The number of nitrogens with one attached hydrogen (secondary N) is 2. The lowest BCUT2D eigenvalue weighted by Crippen LogP contribution is -2.16. The molecule has 0 atom stereocenters. The number of rotatable bonds is 7. The van der Waals surface area contributed by atoms with E-state index in [-0.39, 0.29) is 45.3 Å². The van der Waals surface area contributed by atoms with Crippen LogP contribution < -0.4 is 20.8 Å². The van der Waals surface area contributed by atoms with Crippen LogP contribution in [0, 0.1) is 11.6 Å². The van der Waals surface area contributed by atoms with Crippen LogP contribution in [0.2, 0.25) is 0 Å². The van der Waals surface area contributed by atoms with Gasteiger partial charge in [0, 0.05) is 42.3 Å². The molecule has 0 fully saturated rings. The molecule has 8 nitrogen and oxygen atoms in total. The molecule has 3 aromatic rings. The van der Waals surface area contributed by atoms with E-state index in [0.29, 0.717) is 6.07 Å². The van der Waals surface area contributed by atoms with Gasteiger partial charge in [0.25, 0.3) is 5.56 Å². The summed E-state index contributed by atoms with van der Waals surface area (Å²) < 4.78 is 59.5. The Morgan fingerprint density at radius 3 is 2.53 bits per heavy atom. The fraction of sp³-hybridized carbons (Fsp3) is 0.143. The Bertz CT molecular complexity index is 1350. The quantitative estimate of drug-likeness (QED) is 0.463. The Hall–Kier alpha value is -3.73. The summed E-state index contributed by atoms with van der Waals surface area (Å²) >= 11 is 0. The third kappa shape index (κ3) is 4.94. The van der Waals surface area contributed by atoms with Crippen molar-refractivity contribution in [2.45, 2.75) is 6.92 Å². The van der Waals surface area contributed by atoms with Gasteiger partial charge >= 0.3 is 0 Å². The minimum Gasteiger partial charge on any atom is -0.454 e. The molecule has 0 saturated carbocycles. The van der Waals surface area contributed by atoms with E-state index < -0.39 is 27.2 Å². The maximum atomic E-state index is 14.2. The number of hydrogen-bond donors (Lipinski definition) is 3. The summed E-state index contributed by atoms with van der Waals surface area (Å²) in [5.41, 5.74) is 6.59. The monoisotopic (exact) mass is 462 g/mol. The summed E-state index contributed by atoms with van der Waals surface area (Å²) in [6, 6.07) is 7.08. The topological polar surface area (TPSA) is 127 Å². The second-order valence-corrected chi connectivity index (χ2v) is 8.65. The number of aromatic amines is 1. The number of aromatic nitrogens is 1. The molecule has 1 aromatic heterocycles. The minimum atomic E-state index is -3.59. The van der Waals surface area contributed by atoms with Crippen molar-refractivity contribution in [3.8, 4) is 22.6 Å². The number of H-pyrrole nitrogens is 1. The van der Waals surface area contributed by atoms with Gasteiger partial charge in [0.05, 0.1) is 17.0 Å². The van der Waals surface area contributed by atoms with E-state index in [1.807, 2.05) is 0 Å². The fourth-order valence-electron chi connectivity index (χ4n) is 2.86. The lowest BCUT2D eigenvalue weighted by Gasteiger charge is -2.16. The van der Waals surface area contributed by atoms with Crippen molar-refractivity contribution in [1.29, 1.82) is 0 Å². The summed E-state index contributed by atoms with van der Waals surface area (Å²) in [6.45, 7) is 1.48. The first kappa shape index (κ1) is 22.9. The number of aliphatic imine (C=N–C) groups is 1. The number of anilines is 2. The summed E-state index contributed by atoms with van der Waals surface area (Å²) in [6.07, 6.45) is 2.60. The van der Waals surface area contributed by atoms with Crippen LogP contribution in [0.1, 0.15) is 12.5 Å². The molecule has 0 bridgehead atoms. The molecule has 0 aliphatic heterocycles. The first-order valence-corrected chi connectivity index (χ1v) is 11.0. The molecular formula is C21H20F2N4O4S. The zero-order valence-corrected chi connectivity index (χ0v) is 18.0. The van der Waals surface area contributed by atoms with E-state index in [0.717, 1.165) is 12.1 Å². The van der Waals surface area contributed by atoms with Crippen molar-refractivity contribution < 1.29 is 21.9 Å². The third-order valence-electron chi connectivity index (χ3n) is 4.47. The first-order valence-electron chi connectivity index (χ1n) is 9.36. The standard InChI is InChI=1S/C21H20F2N4O4S/c1-3-32(29,30)27-13-5-7-18(31-19-6-4-12(22)8-17(19)23)14(9-13)15-11-26-21(28)16(10-25-2)20(15)24/h4-11,27H,3H2,1-2H3,(H3,24,26,28). The van der Waals surface area contributed by atoms with Crippen molar-refractivity contribution in [2.75, 3.05) is 23.3 Å². The van der Waals surface area contributed by atoms with Gasteiger partial charge in [0.15, 0.2) is 11.6 Å². The number of benzene rings is 2. The van der Waals surface area contributed by atoms with Crippen LogP contribution in [0.25, 0.3) is 11.1 Å². The number of sulfonamides is 1. The molecule has 11 heteroatoms. The van der Waals surface area contributed by atoms with Gasteiger partial charge in [0.2, 0.25) is 10.0 Å². The summed E-state index contributed by atoms with van der Waals surface area (Å²) in [4.78, 5) is 18.5. The van der Waals surface area contributed by atoms with Crippen LogP contribution in [0.5, 0.6) is 11.5 Å². The molecule has 0 radical (unpaired) electrons. The number of halogens is 2. The maximum Gasteiger partial charge on any atom is 0.258 e. The van der Waals surface area contributed by atoms with Gasteiger partial charge in [-0.15, -0.1) is 0 Å². The van der Waals surface area contributed by atoms with Crippen molar-refractivity contribution in [3.63, 3.8) is 0 Å². The molecule has 1 heterocycles. The number of nitrogens with two attached hydrogens (primary N) is 1. The van der Waals surface area contributed by atoms with Gasteiger partial charge in [-0.3, -0.25) is 14.5 Å². The third-order valence-corrected chi connectivity index (χ3v) is 5.77. The van der Waals surface area contributed by atoms with E-state index in [2.05, 4.69) is 14.7 Å². The Balaban J connectivity index is 2.20. The highest BCUT2D eigenvalue weighted by atomic mass is 32.2. The predicted molar refractivity (Wildman–Crippen MR) is 120 cm³/mol. The average Bonchev–Trinajstić information content (AvgIpc) is 2.74. The number of nitrogen functional groups attached to an aromatic ring is 1. The molecule has 0 aliphatic rings. The first-order chi connectivity index (χ1) is 15.1. The van der Waals surface area contributed by atoms with Crippen LogP contribution in [-0.2, 0) is 10.0 Å². The van der Waals surface area contributed by atoms with Crippen LogP contribution in [0.4, 0.5) is 20.2 Å². The SMILES string of the molecule is CCS(=O)(=O)Nc1ccc(Oc2ccc(F)cc2F)c(-c2c[nH]c(=O)c(C=NC)c2N)c1. The number of pyridine rings is 1. The number of hydrogen-bond acceptors (Lipinski definition) is 6. The Morgan fingerprint density at radius 1 is 1.16 bits per heavy atom. The van der Waals surface area contributed by atoms with E-state index in [1.54, 1.807) is 0 Å². The molecule has 0 amide bonds. The molecule has 4 N–H and O–H groups in total. The second-order valence-electron chi connectivity index (χ2n) is 6.64. The van der Waals surface area contributed by atoms with E-state index in [9.17, 15) is 22.0 Å². The Kier molecular flexibility index (Phi) is 6.58. The normalized spacial score (nSPS) is 11.6. The lowest BCUT2D eigenvalue weighted by molar-refractivity contribution is 0.439. The highest BCUT2D eigenvalue weighted by molar-refractivity contribution is 7.92. The molecule has 0 unspecified atom stereocenters. The molecule has 3 rings (SSSR count). The number of nitrogens with zero attached hydrogens (tertiary/aromatic N) is 1. The highest BCUT2D eigenvalue weighted by Gasteiger charge is 2.18. The van der Waals surface area contributed by atoms with Gasteiger partial charge in [-0.2, -0.15) is 0 Å². The predicted octanol–water partition coefficient (Wildman–Crippen LogP) is 3.50. The maximum absolute atomic E-state index is 14.2. The average molecular weight is 462 g/mol. The minimum absolute atomic E-state index is 0.0549. The van der Waals surface area contributed by atoms with Crippen LogP contribution in [0.3, 0.4) is 0 Å². The van der Waals surface area contributed by atoms with Crippen molar-refractivity contribution in [2.24, 2.45) is 4.99 Å². The van der Waals surface area contributed by atoms with E-state index >= 15 is 0 Å². The smallest absolute Gasteiger partial charge is 0.258 e. The molecule has 0 spiro atoms. The van der Waals surface area contributed by atoms with Gasteiger partial charge < -0.3 is 15.5 Å². The largest absolute Gasteiger partial charge is 0.454 e. The Morgan fingerprint density at radius 2 is 1.88 bits per heavy atom. The molecule has 168 valence electrons. The zero-order chi connectivity index (χ0) is 23.5. The van der Waals surface area contributed by atoms with Crippen molar-refractivity contribution >= 4 is 27.6 Å². The molecule has 2 aromatic carbocycles.